The van der Waals surface area contributed by atoms with Crippen molar-refractivity contribution in [3.8, 4) is 5.75 Å². The fourth-order valence-corrected chi connectivity index (χ4v) is 3.84. The normalized spacial score (nSPS) is 10.5. The van der Waals surface area contributed by atoms with Gasteiger partial charge in [-0.3, -0.25) is 24.6 Å². The van der Waals surface area contributed by atoms with E-state index in [9.17, 15) is 24.5 Å². The average Bonchev–Trinajstić information content (AvgIpc) is 3.22. The monoisotopic (exact) mass is 458 g/mol. The van der Waals surface area contributed by atoms with Gasteiger partial charge in [0.15, 0.2) is 5.13 Å². The fourth-order valence-electron chi connectivity index (χ4n) is 2.97. The van der Waals surface area contributed by atoms with Crippen LogP contribution in [0.15, 0.2) is 46.7 Å². The third-order valence-electron chi connectivity index (χ3n) is 4.39. The second-order valence-electron chi connectivity index (χ2n) is 6.44. The molecule has 3 aromatic rings. The summed E-state index contributed by atoms with van der Waals surface area (Å²) in [5.74, 6) is -0.660. The Morgan fingerprint density at radius 1 is 1.28 bits per heavy atom. The van der Waals surface area contributed by atoms with Gasteiger partial charge in [-0.15, -0.1) is 11.3 Å². The first-order chi connectivity index (χ1) is 15.3. The third kappa shape index (κ3) is 4.49. The molecule has 0 spiro atoms. The van der Waals surface area contributed by atoms with E-state index < -0.39 is 22.1 Å². The van der Waals surface area contributed by atoms with Crippen molar-refractivity contribution in [3.05, 3.63) is 73.6 Å². The lowest BCUT2D eigenvalue weighted by atomic mass is 10.2. The Hall–Kier alpha value is -4.06. The van der Waals surface area contributed by atoms with Crippen LogP contribution in [0.2, 0.25) is 0 Å². The predicted octanol–water partition coefficient (Wildman–Crippen LogP) is 2.74. The first-order valence-corrected chi connectivity index (χ1v) is 10.00. The smallest absolute Gasteiger partial charge is 0.339 e. The van der Waals surface area contributed by atoms with E-state index in [-0.39, 0.29) is 18.0 Å². The summed E-state index contributed by atoms with van der Waals surface area (Å²) in [6.45, 7) is 1.22. The number of pyridine rings is 1. The van der Waals surface area contributed by atoms with Crippen LogP contribution < -0.4 is 15.2 Å². The minimum atomic E-state index is -0.898. The van der Waals surface area contributed by atoms with Crippen LogP contribution in [0.5, 0.6) is 5.75 Å². The number of ether oxygens (including phenoxy) is 2. The van der Waals surface area contributed by atoms with Crippen LogP contribution in [0.4, 0.5) is 16.5 Å². The Labute approximate surface area is 185 Å². The lowest BCUT2D eigenvalue weighted by molar-refractivity contribution is -0.386. The number of benzene rings is 1. The molecule has 0 atom stereocenters. The van der Waals surface area contributed by atoms with Crippen LogP contribution in [0.25, 0.3) is 0 Å². The number of nitro groups is 1. The van der Waals surface area contributed by atoms with Crippen molar-refractivity contribution in [1.82, 2.24) is 9.55 Å². The SMILES string of the molecule is COC(=O)c1cc([N+](=O)[O-])c(=O)n(Cc2csc(N(C(C)=O)c3ccccc3OC)n2)c1. The standard InChI is InChI=1S/C20H18N4O7S/c1-12(25)23(15-6-4-5-7-17(15)30-2)20-21-14(11-32-20)10-22-9-13(19(27)31-3)8-16(18(22)26)24(28)29/h4-9,11H,10H2,1-3H3. The van der Waals surface area contributed by atoms with Crippen LogP contribution in [-0.4, -0.2) is 40.6 Å². The molecule has 0 aliphatic carbocycles. The maximum Gasteiger partial charge on any atom is 0.339 e. The van der Waals surface area contributed by atoms with Gasteiger partial charge in [-0.05, 0) is 12.1 Å². The van der Waals surface area contributed by atoms with Gasteiger partial charge in [0.1, 0.15) is 5.75 Å². The highest BCUT2D eigenvalue weighted by Gasteiger charge is 2.23. The molecule has 0 bridgehead atoms. The number of hydrogen-bond acceptors (Lipinski definition) is 9. The Kier molecular flexibility index (Phi) is 6.64. The van der Waals surface area contributed by atoms with Crippen LogP contribution in [0.3, 0.4) is 0 Å². The molecule has 2 heterocycles. The Morgan fingerprint density at radius 3 is 2.62 bits per heavy atom. The number of rotatable bonds is 7. The van der Waals surface area contributed by atoms with Crippen molar-refractivity contribution < 1.29 is 24.0 Å². The van der Waals surface area contributed by atoms with Gasteiger partial charge in [0.2, 0.25) is 5.91 Å². The average molecular weight is 458 g/mol. The number of nitrogens with zero attached hydrogens (tertiary/aromatic N) is 4. The zero-order valence-corrected chi connectivity index (χ0v) is 18.1. The highest BCUT2D eigenvalue weighted by Crippen LogP contribution is 2.35. The van der Waals surface area contributed by atoms with Gasteiger partial charge in [0, 0.05) is 24.6 Å². The molecule has 0 saturated carbocycles. The number of anilines is 2. The molecule has 12 heteroatoms. The molecule has 0 radical (unpaired) electrons. The minimum Gasteiger partial charge on any atom is -0.495 e. The number of amides is 1. The zero-order chi connectivity index (χ0) is 23.4. The number of carbonyl (C=O) groups excluding carboxylic acids is 2. The van der Waals surface area contributed by atoms with E-state index in [1.54, 1.807) is 29.6 Å². The van der Waals surface area contributed by atoms with Gasteiger partial charge < -0.3 is 14.0 Å². The number of esters is 1. The van der Waals surface area contributed by atoms with E-state index in [4.69, 9.17) is 4.74 Å². The molecular formula is C20H18N4O7S. The van der Waals surface area contributed by atoms with Gasteiger partial charge in [0.25, 0.3) is 0 Å². The summed E-state index contributed by atoms with van der Waals surface area (Å²) in [5, 5.41) is 13.2. The van der Waals surface area contributed by atoms with E-state index >= 15 is 0 Å². The van der Waals surface area contributed by atoms with Crippen molar-refractivity contribution in [2.75, 3.05) is 19.1 Å². The maximum absolute atomic E-state index is 12.5. The molecular weight excluding hydrogens is 440 g/mol. The predicted molar refractivity (Wildman–Crippen MR) is 116 cm³/mol. The van der Waals surface area contributed by atoms with E-state index in [1.807, 2.05) is 0 Å². The van der Waals surface area contributed by atoms with Gasteiger partial charge in [-0.25, -0.2) is 9.78 Å². The summed E-state index contributed by atoms with van der Waals surface area (Å²) in [7, 11) is 2.61. The Morgan fingerprint density at radius 2 is 2.00 bits per heavy atom. The summed E-state index contributed by atoms with van der Waals surface area (Å²) >= 11 is 1.15. The molecule has 2 aromatic heterocycles. The van der Waals surface area contributed by atoms with Gasteiger partial charge in [0.05, 0.1) is 42.6 Å². The number of aromatic nitrogens is 2. The lowest BCUT2D eigenvalue weighted by Crippen LogP contribution is -2.25. The van der Waals surface area contributed by atoms with Crippen molar-refractivity contribution in [1.29, 1.82) is 0 Å². The maximum atomic E-state index is 12.5. The highest BCUT2D eigenvalue weighted by atomic mass is 32.1. The fraction of sp³-hybridized carbons (Fsp3) is 0.200. The van der Waals surface area contributed by atoms with E-state index in [2.05, 4.69) is 9.72 Å². The molecule has 0 aliphatic heterocycles. The summed E-state index contributed by atoms with van der Waals surface area (Å²) < 4.78 is 10.9. The molecule has 32 heavy (non-hydrogen) atoms. The second kappa shape index (κ2) is 9.39. The van der Waals surface area contributed by atoms with Crippen molar-refractivity contribution in [2.45, 2.75) is 13.5 Å². The van der Waals surface area contributed by atoms with E-state index in [0.29, 0.717) is 22.3 Å². The molecule has 0 unspecified atom stereocenters. The molecule has 0 saturated heterocycles. The molecule has 1 aromatic carbocycles. The molecule has 0 N–H and O–H groups in total. The summed E-state index contributed by atoms with van der Waals surface area (Å²) in [5.41, 5.74) is -0.949. The molecule has 166 valence electrons. The number of para-hydroxylation sites is 2. The third-order valence-corrected chi connectivity index (χ3v) is 5.26. The quantitative estimate of drug-likeness (QED) is 0.300. The number of thiazole rings is 1. The van der Waals surface area contributed by atoms with E-state index in [1.165, 1.54) is 25.1 Å². The van der Waals surface area contributed by atoms with Crippen LogP contribution in [0.1, 0.15) is 23.0 Å². The Balaban J connectivity index is 2.01. The molecule has 0 fully saturated rings. The van der Waals surface area contributed by atoms with Crippen LogP contribution >= 0.6 is 11.3 Å². The first-order valence-electron chi connectivity index (χ1n) is 9.12. The first kappa shape index (κ1) is 22.6. The number of hydrogen-bond donors (Lipinski definition) is 0. The van der Waals surface area contributed by atoms with Crippen molar-refractivity contribution in [2.24, 2.45) is 0 Å². The molecule has 3 rings (SSSR count). The van der Waals surface area contributed by atoms with Crippen molar-refractivity contribution in [3.63, 3.8) is 0 Å². The lowest BCUT2D eigenvalue weighted by Gasteiger charge is -2.20. The highest BCUT2D eigenvalue weighted by molar-refractivity contribution is 7.14. The topological polar surface area (TPSA) is 134 Å². The van der Waals surface area contributed by atoms with Gasteiger partial charge in [-0.1, -0.05) is 12.1 Å². The van der Waals surface area contributed by atoms with Gasteiger partial charge >= 0.3 is 17.2 Å². The second-order valence-corrected chi connectivity index (χ2v) is 7.28. The summed E-state index contributed by atoms with van der Waals surface area (Å²) in [4.78, 5) is 52.9. The molecule has 11 nitrogen and oxygen atoms in total. The number of methoxy groups -OCH3 is 2. The van der Waals surface area contributed by atoms with Crippen molar-refractivity contribution >= 4 is 39.7 Å². The number of carbonyl (C=O) groups is 2. The zero-order valence-electron chi connectivity index (χ0n) is 17.3. The summed E-state index contributed by atoms with van der Waals surface area (Å²) in [6.07, 6.45) is 1.17. The van der Waals surface area contributed by atoms with E-state index in [0.717, 1.165) is 29.1 Å². The van der Waals surface area contributed by atoms with Crippen LogP contribution in [0, 0.1) is 10.1 Å². The Bertz CT molecular complexity index is 1250. The largest absolute Gasteiger partial charge is 0.495 e. The summed E-state index contributed by atoms with van der Waals surface area (Å²) in [6, 6.07) is 7.79. The van der Waals surface area contributed by atoms with Crippen LogP contribution in [-0.2, 0) is 16.1 Å². The molecule has 0 aliphatic rings. The minimum absolute atomic E-state index is 0.145. The molecule has 1 amide bonds. The van der Waals surface area contributed by atoms with Gasteiger partial charge in [-0.2, -0.15) is 0 Å².